The van der Waals surface area contributed by atoms with Crippen molar-refractivity contribution in [1.29, 1.82) is 0 Å². The monoisotopic (exact) mass is 376 g/mol. The maximum Gasteiger partial charge on any atom is 0.243 e. The molecule has 1 amide bonds. The first-order valence-electron chi connectivity index (χ1n) is 6.91. The molecule has 0 aliphatic heterocycles. The number of amides is 1. The van der Waals surface area contributed by atoms with Crippen molar-refractivity contribution < 1.29 is 13.2 Å². The Morgan fingerprint density at radius 1 is 1.29 bits per heavy atom. The molecule has 1 aromatic rings. The van der Waals surface area contributed by atoms with E-state index >= 15 is 0 Å². The Bertz CT molecular complexity index is 586. The van der Waals surface area contributed by atoms with Crippen LogP contribution < -0.4 is 5.32 Å². The van der Waals surface area contributed by atoms with Gasteiger partial charge in [0, 0.05) is 18.8 Å². The second-order valence-corrected chi connectivity index (χ2v) is 7.53. The predicted octanol–water partition coefficient (Wildman–Crippen LogP) is 2.83. The highest BCUT2D eigenvalue weighted by Crippen LogP contribution is 2.20. The molecule has 1 aromatic carbocycles. The van der Waals surface area contributed by atoms with Gasteiger partial charge < -0.3 is 5.32 Å². The van der Waals surface area contributed by atoms with E-state index in [0.717, 1.165) is 0 Å². The Kier molecular flexibility index (Phi) is 6.83. The first-order valence-corrected chi connectivity index (χ1v) is 9.27. The highest BCUT2D eigenvalue weighted by Gasteiger charge is 2.22. The number of halogens is 1. The van der Waals surface area contributed by atoms with Crippen LogP contribution in [0, 0.1) is 0 Å². The summed E-state index contributed by atoms with van der Waals surface area (Å²) in [5.74, 6) is -0.185. The summed E-state index contributed by atoms with van der Waals surface area (Å²) in [5.41, 5.74) is 0.478. The van der Waals surface area contributed by atoms with Crippen molar-refractivity contribution in [1.82, 2.24) is 4.31 Å². The Morgan fingerprint density at radius 3 is 2.43 bits per heavy atom. The van der Waals surface area contributed by atoms with E-state index in [9.17, 15) is 13.2 Å². The summed E-state index contributed by atoms with van der Waals surface area (Å²) in [6, 6.07) is 6.32. The summed E-state index contributed by atoms with van der Waals surface area (Å²) in [6.45, 7) is 6.30. The van der Waals surface area contributed by atoms with Gasteiger partial charge in [-0.1, -0.05) is 42.8 Å². The third kappa shape index (κ3) is 4.52. The van der Waals surface area contributed by atoms with Crippen LogP contribution in [-0.4, -0.2) is 36.5 Å². The van der Waals surface area contributed by atoms with Gasteiger partial charge in [0.2, 0.25) is 15.9 Å². The number of sulfonamides is 1. The van der Waals surface area contributed by atoms with Crippen LogP contribution in [0.2, 0.25) is 0 Å². The maximum absolute atomic E-state index is 12.4. The molecule has 1 atom stereocenters. The zero-order valence-electron chi connectivity index (χ0n) is 12.5. The Hall–Kier alpha value is -0.920. The van der Waals surface area contributed by atoms with Crippen molar-refractivity contribution in [3.05, 3.63) is 24.3 Å². The molecule has 1 N–H and O–H groups in total. The molecule has 0 heterocycles. The van der Waals surface area contributed by atoms with Gasteiger partial charge in [-0.05, 0) is 24.6 Å². The standard InChI is InChI=1S/C14H21BrN2O3S/c1-4-13(15)14(18)16-11-8-7-9-12(10-11)21(19,20)17(5-2)6-3/h7-10,13H,4-6H2,1-3H3,(H,16,18). The number of carbonyl (C=O) groups excluding carboxylic acids is 1. The zero-order valence-corrected chi connectivity index (χ0v) is 14.9. The van der Waals surface area contributed by atoms with E-state index in [1.807, 2.05) is 6.92 Å². The third-order valence-electron chi connectivity index (χ3n) is 3.09. The van der Waals surface area contributed by atoms with Gasteiger partial charge in [0.05, 0.1) is 9.72 Å². The number of hydrogen-bond acceptors (Lipinski definition) is 3. The summed E-state index contributed by atoms with van der Waals surface area (Å²) in [7, 11) is -3.51. The fourth-order valence-electron chi connectivity index (χ4n) is 1.85. The summed E-state index contributed by atoms with van der Waals surface area (Å²) in [6.07, 6.45) is 0.656. The fraction of sp³-hybridized carbons (Fsp3) is 0.500. The number of carbonyl (C=O) groups is 1. The molecular weight excluding hydrogens is 356 g/mol. The second-order valence-electron chi connectivity index (χ2n) is 4.48. The topological polar surface area (TPSA) is 66.5 Å². The molecule has 0 fully saturated rings. The number of alkyl halides is 1. The molecule has 1 unspecified atom stereocenters. The third-order valence-corrected chi connectivity index (χ3v) is 6.20. The number of nitrogens with one attached hydrogen (secondary N) is 1. The SMILES string of the molecule is CCC(Br)C(=O)Nc1cccc(S(=O)(=O)N(CC)CC)c1. The molecule has 0 aromatic heterocycles. The first-order chi connectivity index (χ1) is 9.86. The van der Waals surface area contributed by atoms with Crippen LogP contribution in [0.25, 0.3) is 0 Å². The van der Waals surface area contributed by atoms with E-state index in [4.69, 9.17) is 0 Å². The average molecular weight is 377 g/mol. The maximum atomic E-state index is 12.4. The van der Waals surface area contributed by atoms with Gasteiger partial charge in [0.25, 0.3) is 0 Å². The lowest BCUT2D eigenvalue weighted by atomic mass is 10.3. The van der Waals surface area contributed by atoms with E-state index < -0.39 is 10.0 Å². The molecule has 21 heavy (non-hydrogen) atoms. The van der Waals surface area contributed by atoms with Crippen molar-refractivity contribution >= 4 is 37.5 Å². The fourth-order valence-corrected chi connectivity index (χ4v) is 3.47. The largest absolute Gasteiger partial charge is 0.325 e. The van der Waals surface area contributed by atoms with Crippen LogP contribution in [0.4, 0.5) is 5.69 Å². The normalized spacial score (nSPS) is 13.2. The van der Waals surface area contributed by atoms with Crippen molar-refractivity contribution in [2.45, 2.75) is 36.9 Å². The van der Waals surface area contributed by atoms with Gasteiger partial charge in [0.15, 0.2) is 0 Å². The lowest BCUT2D eigenvalue weighted by molar-refractivity contribution is -0.115. The van der Waals surface area contributed by atoms with E-state index in [1.165, 1.54) is 16.4 Å². The van der Waals surface area contributed by atoms with Crippen molar-refractivity contribution in [3.8, 4) is 0 Å². The zero-order chi connectivity index (χ0) is 16.0. The molecule has 0 saturated carbocycles. The molecule has 7 heteroatoms. The highest BCUT2D eigenvalue weighted by atomic mass is 79.9. The molecular formula is C14H21BrN2O3S. The Balaban J connectivity index is 3.03. The van der Waals surface area contributed by atoms with E-state index in [0.29, 0.717) is 25.2 Å². The van der Waals surface area contributed by atoms with Crippen LogP contribution in [0.15, 0.2) is 29.2 Å². The van der Waals surface area contributed by atoms with Crippen molar-refractivity contribution in [2.24, 2.45) is 0 Å². The van der Waals surface area contributed by atoms with Gasteiger partial charge in [-0.2, -0.15) is 4.31 Å². The number of benzene rings is 1. The lowest BCUT2D eigenvalue weighted by Crippen LogP contribution is -2.30. The van der Waals surface area contributed by atoms with Gasteiger partial charge in [0.1, 0.15) is 0 Å². The summed E-state index contributed by atoms with van der Waals surface area (Å²) in [4.78, 5) is 11.7. The minimum atomic E-state index is -3.51. The minimum Gasteiger partial charge on any atom is -0.325 e. The summed E-state index contributed by atoms with van der Waals surface area (Å²) >= 11 is 3.26. The molecule has 0 spiro atoms. The van der Waals surface area contributed by atoms with Crippen molar-refractivity contribution in [3.63, 3.8) is 0 Å². The van der Waals surface area contributed by atoms with E-state index in [-0.39, 0.29) is 15.6 Å². The van der Waals surface area contributed by atoms with Gasteiger partial charge in [-0.25, -0.2) is 8.42 Å². The lowest BCUT2D eigenvalue weighted by Gasteiger charge is -2.19. The Labute approximate surface area is 134 Å². The number of anilines is 1. The van der Waals surface area contributed by atoms with Crippen molar-refractivity contribution in [2.75, 3.05) is 18.4 Å². The molecule has 118 valence electrons. The molecule has 0 saturated heterocycles. The van der Waals surface area contributed by atoms with Crippen LogP contribution >= 0.6 is 15.9 Å². The number of hydrogen-bond donors (Lipinski definition) is 1. The molecule has 1 rings (SSSR count). The molecule has 0 bridgehead atoms. The van der Waals surface area contributed by atoms with E-state index in [1.54, 1.807) is 26.0 Å². The summed E-state index contributed by atoms with van der Waals surface area (Å²) in [5, 5.41) is 2.71. The minimum absolute atomic E-state index is 0.185. The van der Waals surface area contributed by atoms with Crippen LogP contribution in [0.3, 0.4) is 0 Å². The molecule has 5 nitrogen and oxygen atoms in total. The number of nitrogens with zero attached hydrogens (tertiary/aromatic N) is 1. The smallest absolute Gasteiger partial charge is 0.243 e. The molecule has 0 aliphatic carbocycles. The Morgan fingerprint density at radius 2 is 1.90 bits per heavy atom. The van der Waals surface area contributed by atoms with Crippen LogP contribution in [0.1, 0.15) is 27.2 Å². The highest BCUT2D eigenvalue weighted by molar-refractivity contribution is 9.10. The first kappa shape index (κ1) is 18.1. The van der Waals surface area contributed by atoms with Gasteiger partial charge >= 0.3 is 0 Å². The average Bonchev–Trinajstić information content (AvgIpc) is 2.47. The van der Waals surface area contributed by atoms with Gasteiger partial charge in [-0.3, -0.25) is 4.79 Å². The quantitative estimate of drug-likeness (QED) is 0.743. The number of rotatable bonds is 7. The van der Waals surface area contributed by atoms with E-state index in [2.05, 4.69) is 21.2 Å². The van der Waals surface area contributed by atoms with Crippen LogP contribution in [-0.2, 0) is 14.8 Å². The van der Waals surface area contributed by atoms with Gasteiger partial charge in [-0.15, -0.1) is 0 Å². The predicted molar refractivity (Wildman–Crippen MR) is 88.2 cm³/mol. The summed E-state index contributed by atoms with van der Waals surface area (Å²) < 4.78 is 26.2. The molecule has 0 radical (unpaired) electrons. The van der Waals surface area contributed by atoms with Crippen LogP contribution in [0.5, 0.6) is 0 Å². The molecule has 0 aliphatic rings. The second kappa shape index (κ2) is 7.91.